The molecule has 3 rings (SSSR count). The number of anilines is 2. The van der Waals surface area contributed by atoms with Crippen molar-refractivity contribution in [3.8, 4) is 0 Å². The van der Waals surface area contributed by atoms with E-state index in [9.17, 15) is 9.59 Å². The zero-order chi connectivity index (χ0) is 20.6. The summed E-state index contributed by atoms with van der Waals surface area (Å²) in [7, 11) is 0. The molecule has 0 fully saturated rings. The fraction of sp³-hybridized carbons (Fsp3) is 0.222. The van der Waals surface area contributed by atoms with E-state index in [1.54, 1.807) is 11.4 Å². The normalized spacial score (nSPS) is 10.9. The molecule has 0 bridgehead atoms. The molecule has 3 aromatic rings. The van der Waals surface area contributed by atoms with Gasteiger partial charge in [0.2, 0.25) is 5.91 Å². The summed E-state index contributed by atoms with van der Waals surface area (Å²) in [5, 5.41) is 6.63. The molecule has 146 valence electrons. The SMILES string of the molecule is CC(=O)N(c1nc(Cn2ncc(Cl)c(Cl)c2=O)cs1)c1c(C)cc(C)cc1Cl. The minimum atomic E-state index is -0.510. The molecular weight excluding hydrogens is 443 g/mol. The monoisotopic (exact) mass is 456 g/mol. The van der Waals surface area contributed by atoms with Gasteiger partial charge < -0.3 is 0 Å². The van der Waals surface area contributed by atoms with Crippen molar-refractivity contribution in [2.24, 2.45) is 0 Å². The summed E-state index contributed by atoms with van der Waals surface area (Å²) >= 11 is 19.4. The van der Waals surface area contributed by atoms with Gasteiger partial charge in [-0.2, -0.15) is 5.10 Å². The van der Waals surface area contributed by atoms with Gasteiger partial charge >= 0.3 is 0 Å². The first-order valence-corrected chi connectivity index (χ1v) is 10.1. The first-order chi connectivity index (χ1) is 13.2. The van der Waals surface area contributed by atoms with E-state index >= 15 is 0 Å². The third-order valence-corrected chi connectivity index (χ3v) is 5.83. The lowest BCUT2D eigenvalue weighted by molar-refractivity contribution is -0.115. The standard InChI is InChI=1S/C18H15Cl3N4O2S/c1-9-4-10(2)16(13(19)5-9)25(11(3)26)18-23-12(8-28-18)7-24-17(27)15(21)14(20)6-22-24/h4-6,8H,7H2,1-3H3. The Labute approximate surface area is 180 Å². The molecule has 1 aromatic carbocycles. The van der Waals surface area contributed by atoms with E-state index in [0.29, 0.717) is 21.5 Å². The van der Waals surface area contributed by atoms with Gasteiger partial charge in [-0.3, -0.25) is 14.5 Å². The van der Waals surface area contributed by atoms with Crippen LogP contribution in [0, 0.1) is 13.8 Å². The quantitative estimate of drug-likeness (QED) is 0.552. The molecule has 28 heavy (non-hydrogen) atoms. The molecule has 0 atom stereocenters. The summed E-state index contributed by atoms with van der Waals surface area (Å²) in [6, 6.07) is 3.75. The minimum absolute atomic E-state index is 0.0918. The number of thiazole rings is 1. The lowest BCUT2D eigenvalue weighted by Gasteiger charge is -2.22. The van der Waals surface area contributed by atoms with Crippen LogP contribution in [0.1, 0.15) is 23.7 Å². The summed E-state index contributed by atoms with van der Waals surface area (Å²) in [5.41, 5.74) is 2.49. The van der Waals surface area contributed by atoms with Crippen molar-refractivity contribution in [1.29, 1.82) is 0 Å². The summed E-state index contributed by atoms with van der Waals surface area (Å²) in [6.45, 7) is 5.36. The molecule has 2 heterocycles. The van der Waals surface area contributed by atoms with E-state index in [0.717, 1.165) is 15.8 Å². The van der Waals surface area contributed by atoms with E-state index in [1.165, 1.54) is 29.4 Å². The fourth-order valence-electron chi connectivity index (χ4n) is 2.76. The van der Waals surface area contributed by atoms with E-state index in [4.69, 9.17) is 34.8 Å². The second-order valence-corrected chi connectivity index (χ2v) is 8.19. The molecule has 0 radical (unpaired) electrons. The van der Waals surface area contributed by atoms with Gasteiger partial charge in [0, 0.05) is 12.3 Å². The Morgan fingerprint density at radius 1 is 1.21 bits per heavy atom. The molecule has 0 aliphatic carbocycles. The molecular formula is C18H15Cl3N4O2S. The first-order valence-electron chi connectivity index (χ1n) is 8.12. The Bertz CT molecular complexity index is 1100. The van der Waals surface area contributed by atoms with Crippen LogP contribution in [0.15, 0.2) is 28.5 Å². The minimum Gasteiger partial charge on any atom is -0.274 e. The van der Waals surface area contributed by atoms with Crippen LogP contribution in [0.4, 0.5) is 10.8 Å². The molecule has 0 saturated carbocycles. The van der Waals surface area contributed by atoms with Crippen molar-refractivity contribution in [2.45, 2.75) is 27.3 Å². The van der Waals surface area contributed by atoms with E-state index in [2.05, 4.69) is 10.1 Å². The third-order valence-electron chi connectivity index (χ3n) is 3.92. The number of carbonyl (C=O) groups excluding carboxylic acids is 1. The molecule has 0 spiro atoms. The van der Waals surface area contributed by atoms with Gasteiger partial charge in [-0.15, -0.1) is 11.3 Å². The number of rotatable bonds is 4. The van der Waals surface area contributed by atoms with Crippen LogP contribution in [0.2, 0.25) is 15.1 Å². The van der Waals surface area contributed by atoms with Gasteiger partial charge in [-0.05, 0) is 31.0 Å². The zero-order valence-electron chi connectivity index (χ0n) is 15.2. The number of hydrogen-bond acceptors (Lipinski definition) is 5. The smallest absolute Gasteiger partial charge is 0.274 e. The second kappa shape index (κ2) is 8.21. The van der Waals surface area contributed by atoms with Crippen LogP contribution in [0.3, 0.4) is 0 Å². The Kier molecular flexibility index (Phi) is 6.09. The van der Waals surface area contributed by atoms with Gasteiger partial charge in [0.25, 0.3) is 5.56 Å². The lowest BCUT2D eigenvalue weighted by Crippen LogP contribution is -2.25. The number of hydrogen-bond donors (Lipinski definition) is 0. The number of halogens is 3. The van der Waals surface area contributed by atoms with Crippen LogP contribution in [0.5, 0.6) is 0 Å². The molecule has 6 nitrogen and oxygen atoms in total. The number of aryl methyl sites for hydroxylation is 2. The Morgan fingerprint density at radius 3 is 2.57 bits per heavy atom. The highest BCUT2D eigenvalue weighted by Gasteiger charge is 2.23. The van der Waals surface area contributed by atoms with Crippen LogP contribution in [-0.4, -0.2) is 20.7 Å². The van der Waals surface area contributed by atoms with E-state index < -0.39 is 5.56 Å². The fourth-order valence-corrected chi connectivity index (χ4v) is 4.30. The summed E-state index contributed by atoms with van der Waals surface area (Å²) in [4.78, 5) is 30.5. The highest BCUT2D eigenvalue weighted by molar-refractivity contribution is 7.14. The van der Waals surface area contributed by atoms with Crippen LogP contribution in [0.25, 0.3) is 0 Å². The van der Waals surface area contributed by atoms with Gasteiger partial charge in [-0.25, -0.2) is 9.67 Å². The average Bonchev–Trinajstić information content (AvgIpc) is 3.06. The molecule has 1 amide bonds. The molecule has 0 aliphatic heterocycles. The van der Waals surface area contributed by atoms with Crippen molar-refractivity contribution in [1.82, 2.24) is 14.8 Å². The summed E-state index contributed by atoms with van der Waals surface area (Å²) in [6.07, 6.45) is 1.30. The topological polar surface area (TPSA) is 68.1 Å². The number of amides is 1. The molecule has 0 saturated heterocycles. The second-order valence-electron chi connectivity index (χ2n) is 6.16. The van der Waals surface area contributed by atoms with Gasteiger partial charge in [-0.1, -0.05) is 40.9 Å². The maximum Gasteiger partial charge on any atom is 0.287 e. The van der Waals surface area contributed by atoms with Crippen LogP contribution < -0.4 is 10.5 Å². The van der Waals surface area contributed by atoms with E-state index in [-0.39, 0.29) is 22.5 Å². The zero-order valence-corrected chi connectivity index (χ0v) is 18.2. The average molecular weight is 458 g/mol. The van der Waals surface area contributed by atoms with Crippen LogP contribution in [-0.2, 0) is 11.3 Å². The number of carbonyl (C=O) groups is 1. The number of nitrogens with zero attached hydrogens (tertiary/aromatic N) is 4. The molecule has 10 heteroatoms. The Hall–Kier alpha value is -1.93. The van der Waals surface area contributed by atoms with Crippen molar-refractivity contribution < 1.29 is 4.79 Å². The predicted molar refractivity (Wildman–Crippen MR) is 113 cm³/mol. The van der Waals surface area contributed by atoms with E-state index in [1.807, 2.05) is 19.9 Å². The van der Waals surface area contributed by atoms with Gasteiger partial charge in [0.1, 0.15) is 5.02 Å². The first kappa shape index (κ1) is 20.8. The predicted octanol–water partition coefficient (Wildman–Crippen LogP) is 5.01. The highest BCUT2D eigenvalue weighted by atomic mass is 35.5. The summed E-state index contributed by atoms with van der Waals surface area (Å²) in [5.74, 6) is -0.223. The molecule has 2 aromatic heterocycles. The van der Waals surface area contributed by atoms with Crippen molar-refractivity contribution in [2.75, 3.05) is 4.90 Å². The van der Waals surface area contributed by atoms with Gasteiger partial charge in [0.15, 0.2) is 5.13 Å². The van der Waals surface area contributed by atoms with Crippen LogP contribution >= 0.6 is 46.1 Å². The third kappa shape index (κ3) is 4.07. The molecule has 0 aliphatic rings. The highest BCUT2D eigenvalue weighted by Crippen LogP contribution is 2.37. The van der Waals surface area contributed by atoms with Gasteiger partial charge in [0.05, 0.1) is 34.2 Å². The Balaban J connectivity index is 1.99. The summed E-state index contributed by atoms with van der Waals surface area (Å²) < 4.78 is 1.16. The lowest BCUT2D eigenvalue weighted by atomic mass is 10.1. The Morgan fingerprint density at radius 2 is 1.93 bits per heavy atom. The van der Waals surface area contributed by atoms with Crippen molar-refractivity contribution >= 4 is 62.9 Å². The maximum absolute atomic E-state index is 12.4. The number of aromatic nitrogens is 3. The largest absolute Gasteiger partial charge is 0.287 e. The van der Waals surface area contributed by atoms with Crippen molar-refractivity contribution in [3.63, 3.8) is 0 Å². The molecule has 0 N–H and O–H groups in total. The molecule has 0 unspecified atom stereocenters. The number of benzene rings is 1. The maximum atomic E-state index is 12.4. The van der Waals surface area contributed by atoms with Crippen molar-refractivity contribution in [3.05, 3.63) is 66.0 Å².